The summed E-state index contributed by atoms with van der Waals surface area (Å²) in [6.45, 7) is 3.81. The smallest absolute Gasteiger partial charge is 0.256 e. The van der Waals surface area contributed by atoms with Crippen molar-refractivity contribution in [1.82, 2.24) is 5.06 Å². The van der Waals surface area contributed by atoms with Crippen LogP contribution in [0.4, 0.5) is 0 Å². The summed E-state index contributed by atoms with van der Waals surface area (Å²) >= 11 is 0. The van der Waals surface area contributed by atoms with Gasteiger partial charge in [0, 0.05) is 12.3 Å². The fourth-order valence-electron chi connectivity index (χ4n) is 1.02. The van der Waals surface area contributed by atoms with Gasteiger partial charge in [-0.15, -0.1) is 0 Å². The van der Waals surface area contributed by atoms with Crippen LogP contribution in [0.5, 0.6) is 0 Å². The number of imide groups is 1. The maximum atomic E-state index is 11.1. The number of nitrogens with zero attached hydrogens (tertiary/aromatic N) is 1. The van der Waals surface area contributed by atoms with Gasteiger partial charge in [-0.25, -0.2) is 0 Å². The summed E-state index contributed by atoms with van der Waals surface area (Å²) < 4.78 is 0. The van der Waals surface area contributed by atoms with Crippen LogP contribution in [0.3, 0.4) is 0 Å². The van der Waals surface area contributed by atoms with Crippen LogP contribution < -0.4 is 0 Å². The van der Waals surface area contributed by atoms with Gasteiger partial charge in [0.2, 0.25) is 0 Å². The van der Waals surface area contributed by atoms with Crippen molar-refractivity contribution in [2.75, 3.05) is 6.61 Å². The summed E-state index contributed by atoms with van der Waals surface area (Å²) in [6, 6.07) is 0. The third-order valence-electron chi connectivity index (χ3n) is 1.59. The van der Waals surface area contributed by atoms with E-state index in [1.165, 1.54) is 0 Å². The van der Waals surface area contributed by atoms with E-state index in [0.29, 0.717) is 6.61 Å². The Morgan fingerprint density at radius 1 is 1.64 bits per heavy atom. The maximum absolute atomic E-state index is 11.1. The molecule has 4 nitrogen and oxygen atoms in total. The Hall–Kier alpha value is -0.900. The average molecular weight is 157 g/mol. The Morgan fingerprint density at radius 3 is 2.64 bits per heavy atom. The number of carbonyl (C=O) groups excluding carboxylic acids is 2. The number of carbonyl (C=O) groups is 2. The molecule has 1 aliphatic rings. The fraction of sp³-hybridized carbons (Fsp3) is 0.714. The first-order valence-corrected chi connectivity index (χ1v) is 3.66. The number of amides is 2. The molecule has 62 valence electrons. The van der Waals surface area contributed by atoms with E-state index in [2.05, 4.69) is 0 Å². The van der Waals surface area contributed by atoms with E-state index in [1.807, 2.05) is 0 Å². The molecule has 1 saturated heterocycles. The number of hydroxylamine groups is 2. The highest BCUT2D eigenvalue weighted by Crippen LogP contribution is 2.18. The van der Waals surface area contributed by atoms with Gasteiger partial charge in [0.1, 0.15) is 0 Å². The van der Waals surface area contributed by atoms with Crippen molar-refractivity contribution >= 4 is 11.8 Å². The van der Waals surface area contributed by atoms with E-state index in [9.17, 15) is 9.59 Å². The van der Waals surface area contributed by atoms with E-state index < -0.39 is 0 Å². The lowest BCUT2D eigenvalue weighted by atomic mass is 10.1. The van der Waals surface area contributed by atoms with E-state index in [-0.39, 0.29) is 24.2 Å². The molecule has 1 unspecified atom stereocenters. The van der Waals surface area contributed by atoms with Crippen LogP contribution >= 0.6 is 0 Å². The predicted octanol–water partition coefficient (Wildman–Crippen LogP) is 0.333. The van der Waals surface area contributed by atoms with Crippen molar-refractivity contribution in [2.45, 2.75) is 20.3 Å². The quantitative estimate of drug-likeness (QED) is 0.543. The Labute approximate surface area is 65.1 Å². The third-order valence-corrected chi connectivity index (χ3v) is 1.59. The Balaban J connectivity index is 2.64. The van der Waals surface area contributed by atoms with Crippen LogP contribution in [0.1, 0.15) is 20.3 Å². The van der Waals surface area contributed by atoms with Crippen LogP contribution in [0.15, 0.2) is 0 Å². The normalized spacial score (nSPS) is 24.9. The largest absolute Gasteiger partial charge is 0.272 e. The van der Waals surface area contributed by atoms with Crippen LogP contribution in [-0.2, 0) is 14.4 Å². The van der Waals surface area contributed by atoms with Gasteiger partial charge in [-0.2, -0.15) is 5.06 Å². The molecule has 1 atom stereocenters. The molecule has 1 aliphatic heterocycles. The third kappa shape index (κ3) is 1.40. The molecule has 0 saturated carbocycles. The summed E-state index contributed by atoms with van der Waals surface area (Å²) in [5, 5.41) is 0.866. The minimum absolute atomic E-state index is 0.214. The first kappa shape index (κ1) is 8.20. The highest BCUT2D eigenvalue weighted by atomic mass is 16.7. The van der Waals surface area contributed by atoms with Gasteiger partial charge < -0.3 is 0 Å². The summed E-state index contributed by atoms with van der Waals surface area (Å²) in [5.74, 6) is -0.671. The second-order valence-corrected chi connectivity index (χ2v) is 2.55. The summed E-state index contributed by atoms with van der Waals surface area (Å²) in [5.41, 5.74) is 0. The highest BCUT2D eigenvalue weighted by Gasteiger charge is 2.36. The summed E-state index contributed by atoms with van der Waals surface area (Å²) in [4.78, 5) is 26.9. The second kappa shape index (κ2) is 3.00. The molecule has 0 aromatic carbocycles. The molecule has 0 N–H and O–H groups in total. The molecular weight excluding hydrogens is 146 g/mol. The van der Waals surface area contributed by atoms with E-state index >= 15 is 0 Å². The van der Waals surface area contributed by atoms with Crippen molar-refractivity contribution in [3.8, 4) is 0 Å². The monoisotopic (exact) mass is 157 g/mol. The molecule has 1 heterocycles. The van der Waals surface area contributed by atoms with Gasteiger partial charge in [0.15, 0.2) is 0 Å². The molecule has 0 aliphatic carbocycles. The molecule has 2 amide bonds. The van der Waals surface area contributed by atoms with Crippen molar-refractivity contribution in [3.63, 3.8) is 0 Å². The average Bonchev–Trinajstić information content (AvgIpc) is 2.17. The summed E-state index contributed by atoms with van der Waals surface area (Å²) in [7, 11) is 0. The van der Waals surface area contributed by atoms with Crippen molar-refractivity contribution in [3.05, 3.63) is 0 Å². The topological polar surface area (TPSA) is 46.6 Å². The van der Waals surface area contributed by atoms with Crippen molar-refractivity contribution < 1.29 is 14.4 Å². The molecule has 0 aromatic heterocycles. The van der Waals surface area contributed by atoms with Crippen LogP contribution in [-0.4, -0.2) is 23.5 Å². The second-order valence-electron chi connectivity index (χ2n) is 2.55. The zero-order valence-corrected chi connectivity index (χ0v) is 6.66. The van der Waals surface area contributed by atoms with Gasteiger partial charge in [0.25, 0.3) is 11.8 Å². The fourth-order valence-corrected chi connectivity index (χ4v) is 1.02. The van der Waals surface area contributed by atoms with Gasteiger partial charge in [-0.1, -0.05) is 6.92 Å². The first-order valence-electron chi connectivity index (χ1n) is 3.66. The predicted molar refractivity (Wildman–Crippen MR) is 37.3 cm³/mol. The number of hydrogen-bond acceptors (Lipinski definition) is 3. The minimum Gasteiger partial charge on any atom is -0.272 e. The SMILES string of the molecule is CCON1C(=O)CC(C)C1=O. The standard InChI is InChI=1S/C7H11NO3/c1-3-11-8-6(9)4-5(2)7(8)10/h5H,3-4H2,1-2H3. The molecular formula is C7H11NO3. The number of rotatable bonds is 2. The lowest BCUT2D eigenvalue weighted by molar-refractivity contribution is -0.187. The van der Waals surface area contributed by atoms with E-state index in [1.54, 1.807) is 13.8 Å². The van der Waals surface area contributed by atoms with Crippen LogP contribution in [0.25, 0.3) is 0 Å². The highest BCUT2D eigenvalue weighted by molar-refractivity contribution is 6.02. The molecule has 11 heavy (non-hydrogen) atoms. The molecule has 1 rings (SSSR count). The zero-order valence-electron chi connectivity index (χ0n) is 6.66. The maximum Gasteiger partial charge on any atom is 0.256 e. The van der Waals surface area contributed by atoms with Gasteiger partial charge in [-0.3, -0.25) is 14.4 Å². The van der Waals surface area contributed by atoms with E-state index in [0.717, 1.165) is 5.06 Å². The molecule has 0 bridgehead atoms. The lowest BCUT2D eigenvalue weighted by Crippen LogP contribution is -2.30. The first-order chi connectivity index (χ1) is 5.16. The molecule has 0 aromatic rings. The van der Waals surface area contributed by atoms with Gasteiger partial charge in [0.05, 0.1) is 6.61 Å². The summed E-state index contributed by atoms with van der Waals surface area (Å²) in [6.07, 6.45) is 0.277. The van der Waals surface area contributed by atoms with Crippen LogP contribution in [0, 0.1) is 5.92 Å². The van der Waals surface area contributed by atoms with Crippen molar-refractivity contribution in [2.24, 2.45) is 5.92 Å². The Kier molecular flexibility index (Phi) is 2.24. The van der Waals surface area contributed by atoms with Gasteiger partial charge >= 0.3 is 0 Å². The zero-order chi connectivity index (χ0) is 8.43. The molecule has 0 radical (unpaired) electrons. The Morgan fingerprint density at radius 2 is 2.27 bits per heavy atom. The van der Waals surface area contributed by atoms with Crippen LogP contribution in [0.2, 0.25) is 0 Å². The molecule has 1 fully saturated rings. The van der Waals surface area contributed by atoms with E-state index in [4.69, 9.17) is 4.84 Å². The van der Waals surface area contributed by atoms with Gasteiger partial charge in [-0.05, 0) is 6.92 Å². The lowest BCUT2D eigenvalue weighted by Gasteiger charge is -2.11. The molecule has 0 spiro atoms. The number of hydrogen-bond donors (Lipinski definition) is 0. The minimum atomic E-state index is -0.232. The molecule has 4 heteroatoms. The Bertz CT molecular complexity index is 190. The van der Waals surface area contributed by atoms with Crippen molar-refractivity contribution in [1.29, 1.82) is 0 Å².